The Balaban J connectivity index is 1.98. The van der Waals surface area contributed by atoms with Gasteiger partial charge in [-0.25, -0.2) is 0 Å². The van der Waals surface area contributed by atoms with Crippen molar-refractivity contribution in [2.24, 2.45) is 0 Å². The van der Waals surface area contributed by atoms with Gasteiger partial charge in [0, 0.05) is 5.69 Å². The molecule has 112 valence electrons. The first-order valence-corrected chi connectivity index (χ1v) is 7.16. The molecule has 0 spiro atoms. The van der Waals surface area contributed by atoms with Gasteiger partial charge in [0.05, 0.1) is 18.5 Å². The lowest BCUT2D eigenvalue weighted by molar-refractivity contribution is -0.138. The summed E-state index contributed by atoms with van der Waals surface area (Å²) in [6.07, 6.45) is 0. The molecular weight excluding hydrogens is 276 g/mol. The predicted molar refractivity (Wildman–Crippen MR) is 87.1 cm³/mol. The summed E-state index contributed by atoms with van der Waals surface area (Å²) in [6, 6.07) is 14.3. The summed E-state index contributed by atoms with van der Waals surface area (Å²) in [7, 11) is 1.39. The number of ether oxygens (including phenoxy) is 1. The van der Waals surface area contributed by atoms with E-state index >= 15 is 0 Å². The lowest BCUT2D eigenvalue weighted by Crippen LogP contribution is -2.28. The summed E-state index contributed by atoms with van der Waals surface area (Å²) in [4.78, 5) is 15.4. The normalized spacial score (nSPS) is 13.2. The molecule has 0 fully saturated rings. The molecule has 2 aromatic rings. The highest BCUT2D eigenvalue weighted by Crippen LogP contribution is 2.42. The van der Waals surface area contributed by atoms with E-state index in [2.05, 4.69) is 38.7 Å². The number of benzene rings is 2. The molecule has 0 saturated heterocycles. The number of esters is 1. The molecule has 3 rings (SSSR count). The SMILES string of the molecule is COC(=O)CN1[C]N(c2cc(C)cc(C)c2)c2ccccc21. The van der Waals surface area contributed by atoms with Gasteiger partial charge in [-0.2, -0.15) is 0 Å². The number of carbonyl (C=O) groups excluding carboxylic acids is 1. The minimum atomic E-state index is -0.287. The van der Waals surface area contributed by atoms with Crippen LogP contribution in [-0.4, -0.2) is 19.6 Å². The lowest BCUT2D eigenvalue weighted by Gasteiger charge is -2.19. The third-order valence-electron chi connectivity index (χ3n) is 3.61. The smallest absolute Gasteiger partial charge is 0.325 e. The van der Waals surface area contributed by atoms with Gasteiger partial charge in [-0.3, -0.25) is 4.79 Å². The molecule has 0 N–H and O–H groups in total. The lowest BCUT2D eigenvalue weighted by atomic mass is 10.1. The highest BCUT2D eigenvalue weighted by Gasteiger charge is 2.30. The summed E-state index contributed by atoms with van der Waals surface area (Å²) >= 11 is 0. The maximum atomic E-state index is 11.6. The molecule has 1 aliphatic heterocycles. The Labute approximate surface area is 130 Å². The molecule has 0 aliphatic carbocycles. The van der Waals surface area contributed by atoms with E-state index in [-0.39, 0.29) is 12.5 Å². The van der Waals surface area contributed by atoms with Crippen molar-refractivity contribution in [3.63, 3.8) is 0 Å². The molecule has 1 heterocycles. The molecule has 0 saturated carbocycles. The van der Waals surface area contributed by atoms with Gasteiger partial charge in [0.25, 0.3) is 0 Å². The van der Waals surface area contributed by atoms with E-state index in [9.17, 15) is 4.79 Å². The van der Waals surface area contributed by atoms with E-state index in [0.29, 0.717) is 0 Å². The second-order valence-corrected chi connectivity index (χ2v) is 5.43. The van der Waals surface area contributed by atoms with Crippen molar-refractivity contribution >= 4 is 23.0 Å². The molecule has 0 atom stereocenters. The van der Waals surface area contributed by atoms with Crippen LogP contribution in [-0.2, 0) is 9.53 Å². The number of aryl methyl sites for hydroxylation is 2. The number of methoxy groups -OCH3 is 1. The molecule has 0 aromatic heterocycles. The van der Waals surface area contributed by atoms with E-state index < -0.39 is 0 Å². The molecule has 0 bridgehead atoms. The zero-order valence-corrected chi connectivity index (χ0v) is 13.0. The molecule has 2 aromatic carbocycles. The average molecular weight is 294 g/mol. The minimum Gasteiger partial charge on any atom is -0.468 e. The minimum absolute atomic E-state index is 0.148. The molecular formula is C18H18N2O2. The van der Waals surface area contributed by atoms with Crippen LogP contribution >= 0.6 is 0 Å². The fourth-order valence-corrected chi connectivity index (χ4v) is 2.70. The molecule has 4 nitrogen and oxygen atoms in total. The molecule has 2 radical (unpaired) electrons. The number of carbonyl (C=O) groups is 1. The Hall–Kier alpha value is -2.49. The van der Waals surface area contributed by atoms with Crippen LogP contribution in [0.25, 0.3) is 0 Å². The first-order valence-electron chi connectivity index (χ1n) is 7.16. The Bertz CT molecular complexity index is 692. The highest BCUT2D eigenvalue weighted by molar-refractivity contribution is 5.88. The maximum Gasteiger partial charge on any atom is 0.325 e. The van der Waals surface area contributed by atoms with Gasteiger partial charge >= 0.3 is 5.97 Å². The van der Waals surface area contributed by atoms with Crippen LogP contribution in [0.4, 0.5) is 17.1 Å². The fourth-order valence-electron chi connectivity index (χ4n) is 2.70. The predicted octanol–water partition coefficient (Wildman–Crippen LogP) is 3.43. The van der Waals surface area contributed by atoms with Gasteiger partial charge in [0.2, 0.25) is 6.67 Å². The maximum absolute atomic E-state index is 11.6. The summed E-state index contributed by atoms with van der Waals surface area (Å²) < 4.78 is 4.77. The first-order chi connectivity index (χ1) is 10.6. The van der Waals surface area contributed by atoms with Crippen molar-refractivity contribution < 1.29 is 9.53 Å². The number of hydrogen-bond acceptors (Lipinski definition) is 4. The summed E-state index contributed by atoms with van der Waals surface area (Å²) in [5, 5.41) is 0. The van der Waals surface area contributed by atoms with Crippen LogP contribution < -0.4 is 9.80 Å². The Kier molecular flexibility index (Phi) is 3.75. The number of nitrogens with zero attached hydrogens (tertiary/aromatic N) is 2. The Morgan fingerprint density at radius 1 is 1.09 bits per heavy atom. The van der Waals surface area contributed by atoms with Crippen LogP contribution in [0.5, 0.6) is 0 Å². The first kappa shape index (κ1) is 14.4. The quantitative estimate of drug-likeness (QED) is 0.812. The third-order valence-corrected chi connectivity index (χ3v) is 3.61. The number of para-hydroxylation sites is 2. The van der Waals surface area contributed by atoms with Crippen molar-refractivity contribution in [1.29, 1.82) is 0 Å². The third kappa shape index (κ3) is 2.64. The molecule has 0 unspecified atom stereocenters. The monoisotopic (exact) mass is 294 g/mol. The van der Waals surface area contributed by atoms with Crippen LogP contribution in [0.3, 0.4) is 0 Å². The van der Waals surface area contributed by atoms with Crippen molar-refractivity contribution in [2.45, 2.75) is 13.8 Å². The van der Waals surface area contributed by atoms with Crippen LogP contribution in [0.2, 0.25) is 0 Å². The van der Waals surface area contributed by atoms with Crippen molar-refractivity contribution in [1.82, 2.24) is 0 Å². The van der Waals surface area contributed by atoms with Crippen LogP contribution in [0, 0.1) is 20.5 Å². The zero-order chi connectivity index (χ0) is 15.7. The van der Waals surface area contributed by atoms with Crippen molar-refractivity contribution in [3.8, 4) is 0 Å². The summed E-state index contributed by atoms with van der Waals surface area (Å²) in [5.74, 6) is -0.287. The van der Waals surface area contributed by atoms with Crippen LogP contribution in [0.15, 0.2) is 42.5 Å². The van der Waals surface area contributed by atoms with E-state index in [1.165, 1.54) is 18.2 Å². The molecule has 22 heavy (non-hydrogen) atoms. The fraction of sp³-hybridized carbons (Fsp3) is 0.222. The molecule has 1 aliphatic rings. The second kappa shape index (κ2) is 5.72. The molecule has 0 amide bonds. The van der Waals surface area contributed by atoms with E-state index in [1.54, 1.807) is 4.90 Å². The number of rotatable bonds is 3. The topological polar surface area (TPSA) is 32.8 Å². The van der Waals surface area contributed by atoms with Crippen molar-refractivity contribution in [3.05, 3.63) is 60.3 Å². The number of hydrogen-bond donors (Lipinski definition) is 0. The summed E-state index contributed by atoms with van der Waals surface area (Å²) in [6.45, 7) is 7.55. The van der Waals surface area contributed by atoms with Gasteiger partial charge in [0.1, 0.15) is 6.54 Å². The Morgan fingerprint density at radius 3 is 2.36 bits per heavy atom. The second-order valence-electron chi connectivity index (χ2n) is 5.43. The highest BCUT2D eigenvalue weighted by atomic mass is 16.5. The Morgan fingerprint density at radius 2 is 1.73 bits per heavy atom. The van der Waals surface area contributed by atoms with Gasteiger partial charge in [-0.1, -0.05) is 18.2 Å². The van der Waals surface area contributed by atoms with E-state index in [4.69, 9.17) is 4.74 Å². The van der Waals surface area contributed by atoms with Gasteiger partial charge in [-0.05, 0) is 49.2 Å². The molecule has 4 heteroatoms. The van der Waals surface area contributed by atoms with Gasteiger partial charge < -0.3 is 14.5 Å². The van der Waals surface area contributed by atoms with Gasteiger partial charge in [-0.15, -0.1) is 0 Å². The van der Waals surface area contributed by atoms with Gasteiger partial charge in [0.15, 0.2) is 0 Å². The number of anilines is 3. The standard InChI is InChI=1S/C18H18N2O2/c1-13-8-14(2)10-15(9-13)20-12-19(11-18(21)22-3)16-6-4-5-7-17(16)20/h4-10H,11H2,1-3H3. The number of fused-ring (bicyclic) bond motifs is 1. The summed E-state index contributed by atoms with van der Waals surface area (Å²) in [5.41, 5.74) is 5.39. The zero-order valence-electron chi connectivity index (χ0n) is 13.0. The average Bonchev–Trinajstić information content (AvgIpc) is 2.85. The van der Waals surface area contributed by atoms with E-state index in [0.717, 1.165) is 17.1 Å². The van der Waals surface area contributed by atoms with Crippen molar-refractivity contribution in [2.75, 3.05) is 23.5 Å². The van der Waals surface area contributed by atoms with E-state index in [1.807, 2.05) is 29.2 Å². The van der Waals surface area contributed by atoms with Crippen LogP contribution in [0.1, 0.15) is 11.1 Å². The largest absolute Gasteiger partial charge is 0.468 e.